The second kappa shape index (κ2) is 4.77. The first-order valence-electron chi connectivity index (χ1n) is 6.27. The molecule has 0 N–H and O–H groups in total. The maximum Gasteiger partial charge on any atom is 0.170 e. The number of aromatic nitrogens is 3. The summed E-state index contributed by atoms with van der Waals surface area (Å²) >= 11 is 0. The van der Waals surface area contributed by atoms with Crippen molar-refractivity contribution in [3.05, 3.63) is 48.3 Å². The minimum atomic E-state index is 0.425. The highest BCUT2D eigenvalue weighted by molar-refractivity contribution is 5.86. The number of carbonyl (C=O) groups is 1. The summed E-state index contributed by atoms with van der Waals surface area (Å²) in [5.74, 6) is 1.62. The third kappa shape index (κ3) is 1.84. The van der Waals surface area contributed by atoms with Crippen molar-refractivity contribution in [1.29, 1.82) is 0 Å². The molecular weight excluding hydrogens is 252 g/mol. The van der Waals surface area contributed by atoms with Gasteiger partial charge in [-0.25, -0.2) is 4.98 Å². The number of fused-ring (bicyclic) bond motifs is 1. The Balaban J connectivity index is 2.40. The molecule has 0 spiro atoms. The van der Waals surface area contributed by atoms with Gasteiger partial charge in [-0.05, 0) is 24.3 Å². The Morgan fingerprint density at radius 1 is 1.15 bits per heavy atom. The normalized spacial score (nSPS) is 10.7. The Hall–Kier alpha value is -2.69. The highest BCUT2D eigenvalue weighted by atomic mass is 16.1. The Morgan fingerprint density at radius 2 is 2.00 bits per heavy atom. The number of hydrogen-bond donors (Lipinski definition) is 0. The molecule has 0 atom stereocenters. The molecule has 5 heteroatoms. The van der Waals surface area contributed by atoms with E-state index in [0.29, 0.717) is 11.5 Å². The van der Waals surface area contributed by atoms with E-state index in [9.17, 15) is 4.79 Å². The Morgan fingerprint density at radius 3 is 2.65 bits per heavy atom. The molecule has 0 saturated heterocycles. The molecule has 0 aliphatic heterocycles. The lowest BCUT2D eigenvalue weighted by atomic mass is 10.3. The van der Waals surface area contributed by atoms with Crippen LogP contribution in [0.3, 0.4) is 0 Å². The van der Waals surface area contributed by atoms with Gasteiger partial charge in [0.1, 0.15) is 17.2 Å². The van der Waals surface area contributed by atoms with E-state index in [-0.39, 0.29) is 0 Å². The van der Waals surface area contributed by atoms with E-state index in [4.69, 9.17) is 0 Å². The number of rotatable bonds is 3. The van der Waals surface area contributed by atoms with Crippen LogP contribution in [0.25, 0.3) is 17.0 Å². The molecule has 0 amide bonds. The zero-order valence-electron chi connectivity index (χ0n) is 11.3. The Labute approximate surface area is 116 Å². The van der Waals surface area contributed by atoms with Gasteiger partial charge in [-0.2, -0.15) is 0 Å². The standard InChI is InChI=1S/C15H14N4O/c1-18(2)14-8-5-7-13-12(10-20)17-15(19(13)14)11-6-3-4-9-16-11/h3-10H,1-2H3. The summed E-state index contributed by atoms with van der Waals surface area (Å²) in [6.07, 6.45) is 2.50. The van der Waals surface area contributed by atoms with Crippen LogP contribution >= 0.6 is 0 Å². The van der Waals surface area contributed by atoms with E-state index < -0.39 is 0 Å². The molecule has 5 nitrogen and oxygen atoms in total. The molecule has 3 rings (SSSR count). The molecule has 20 heavy (non-hydrogen) atoms. The molecule has 0 unspecified atom stereocenters. The van der Waals surface area contributed by atoms with Crippen molar-refractivity contribution in [2.45, 2.75) is 0 Å². The summed E-state index contributed by atoms with van der Waals surface area (Å²) in [5, 5.41) is 0. The number of aldehydes is 1. The zero-order chi connectivity index (χ0) is 14.1. The van der Waals surface area contributed by atoms with Crippen LogP contribution in [0.4, 0.5) is 5.82 Å². The van der Waals surface area contributed by atoms with Gasteiger partial charge in [0.15, 0.2) is 12.1 Å². The van der Waals surface area contributed by atoms with Gasteiger partial charge in [0.05, 0.1) is 5.52 Å². The maximum atomic E-state index is 11.2. The quantitative estimate of drug-likeness (QED) is 0.682. The SMILES string of the molecule is CN(C)c1cccc2c(C=O)nc(-c3ccccn3)n12. The molecule has 0 aliphatic rings. The Bertz CT molecular complexity index is 762. The van der Waals surface area contributed by atoms with Gasteiger partial charge in [0, 0.05) is 20.3 Å². The lowest BCUT2D eigenvalue weighted by molar-refractivity contribution is 0.112. The molecule has 0 aromatic carbocycles. The predicted molar refractivity (Wildman–Crippen MR) is 78.1 cm³/mol. The average Bonchev–Trinajstić information content (AvgIpc) is 2.86. The van der Waals surface area contributed by atoms with Crippen molar-refractivity contribution in [3.63, 3.8) is 0 Å². The summed E-state index contributed by atoms with van der Waals surface area (Å²) in [6.45, 7) is 0. The summed E-state index contributed by atoms with van der Waals surface area (Å²) in [5.41, 5.74) is 1.95. The van der Waals surface area contributed by atoms with E-state index >= 15 is 0 Å². The number of anilines is 1. The van der Waals surface area contributed by atoms with Crippen LogP contribution < -0.4 is 4.90 Å². The average molecular weight is 266 g/mol. The van der Waals surface area contributed by atoms with Crippen LogP contribution in [-0.2, 0) is 0 Å². The highest BCUT2D eigenvalue weighted by Gasteiger charge is 2.16. The minimum absolute atomic E-state index is 0.425. The van der Waals surface area contributed by atoms with Crippen LogP contribution in [0.15, 0.2) is 42.6 Å². The van der Waals surface area contributed by atoms with E-state index in [2.05, 4.69) is 9.97 Å². The molecule has 0 bridgehead atoms. The number of nitrogens with zero attached hydrogens (tertiary/aromatic N) is 4. The van der Waals surface area contributed by atoms with Gasteiger partial charge < -0.3 is 4.90 Å². The van der Waals surface area contributed by atoms with Gasteiger partial charge in [-0.15, -0.1) is 0 Å². The van der Waals surface area contributed by atoms with Crippen LogP contribution in [-0.4, -0.2) is 34.8 Å². The van der Waals surface area contributed by atoms with Gasteiger partial charge >= 0.3 is 0 Å². The van der Waals surface area contributed by atoms with Crippen LogP contribution in [0.2, 0.25) is 0 Å². The van der Waals surface area contributed by atoms with Crippen LogP contribution in [0, 0.1) is 0 Å². The largest absolute Gasteiger partial charge is 0.364 e. The highest BCUT2D eigenvalue weighted by Crippen LogP contribution is 2.25. The maximum absolute atomic E-state index is 11.2. The summed E-state index contributed by atoms with van der Waals surface area (Å²) < 4.78 is 1.95. The third-order valence-corrected chi connectivity index (χ3v) is 3.13. The molecular formula is C15H14N4O. The van der Waals surface area contributed by atoms with Crippen molar-refractivity contribution in [2.75, 3.05) is 19.0 Å². The topological polar surface area (TPSA) is 50.5 Å². The van der Waals surface area contributed by atoms with Gasteiger partial charge in [0.25, 0.3) is 0 Å². The van der Waals surface area contributed by atoms with Gasteiger partial charge in [-0.3, -0.25) is 14.2 Å². The van der Waals surface area contributed by atoms with Crippen LogP contribution in [0.1, 0.15) is 10.5 Å². The number of pyridine rings is 2. The van der Waals surface area contributed by atoms with Gasteiger partial charge in [-0.1, -0.05) is 12.1 Å². The fraction of sp³-hybridized carbons (Fsp3) is 0.133. The van der Waals surface area contributed by atoms with E-state index in [1.165, 1.54) is 0 Å². The summed E-state index contributed by atoms with van der Waals surface area (Å²) in [6, 6.07) is 11.4. The van der Waals surface area contributed by atoms with Crippen molar-refractivity contribution >= 4 is 17.6 Å². The first-order valence-corrected chi connectivity index (χ1v) is 6.27. The molecule has 3 heterocycles. The Kier molecular flexibility index (Phi) is 2.95. The molecule has 0 aliphatic carbocycles. The number of carbonyl (C=O) groups excluding carboxylic acids is 1. The smallest absolute Gasteiger partial charge is 0.170 e. The van der Waals surface area contributed by atoms with Crippen LogP contribution in [0.5, 0.6) is 0 Å². The minimum Gasteiger partial charge on any atom is -0.364 e. The number of imidazole rings is 1. The fourth-order valence-corrected chi connectivity index (χ4v) is 2.24. The fourth-order valence-electron chi connectivity index (χ4n) is 2.24. The monoisotopic (exact) mass is 266 g/mol. The predicted octanol–water partition coefficient (Wildman–Crippen LogP) is 2.27. The lowest BCUT2D eigenvalue weighted by Gasteiger charge is -2.16. The second-order valence-electron chi connectivity index (χ2n) is 4.65. The lowest BCUT2D eigenvalue weighted by Crippen LogP contribution is -2.13. The molecule has 100 valence electrons. The summed E-state index contributed by atoms with van der Waals surface area (Å²) in [4.78, 5) is 22.0. The van der Waals surface area contributed by atoms with Crippen molar-refractivity contribution in [3.8, 4) is 11.5 Å². The third-order valence-electron chi connectivity index (χ3n) is 3.13. The second-order valence-corrected chi connectivity index (χ2v) is 4.65. The summed E-state index contributed by atoms with van der Waals surface area (Å²) in [7, 11) is 3.91. The molecule has 0 radical (unpaired) electrons. The van der Waals surface area contributed by atoms with Crippen molar-refractivity contribution in [2.24, 2.45) is 0 Å². The van der Waals surface area contributed by atoms with E-state index in [1.807, 2.05) is 59.8 Å². The molecule has 0 fully saturated rings. The van der Waals surface area contributed by atoms with Crippen molar-refractivity contribution in [1.82, 2.24) is 14.4 Å². The molecule has 3 aromatic rings. The van der Waals surface area contributed by atoms with E-state index in [0.717, 1.165) is 23.3 Å². The van der Waals surface area contributed by atoms with Crippen molar-refractivity contribution < 1.29 is 4.79 Å². The number of hydrogen-bond acceptors (Lipinski definition) is 4. The zero-order valence-corrected chi connectivity index (χ0v) is 11.3. The first kappa shape index (κ1) is 12.3. The first-order chi connectivity index (χ1) is 9.72. The van der Waals surface area contributed by atoms with Gasteiger partial charge in [0.2, 0.25) is 0 Å². The molecule has 0 saturated carbocycles. The molecule has 3 aromatic heterocycles. The van der Waals surface area contributed by atoms with E-state index in [1.54, 1.807) is 6.20 Å².